The molecule has 0 aliphatic carbocycles. The fraction of sp³-hybridized carbons (Fsp3) is 0. The number of para-hydroxylation sites is 1. The lowest BCUT2D eigenvalue weighted by molar-refractivity contribution is 0.483. The van der Waals surface area contributed by atoms with Gasteiger partial charge in [-0.15, -0.1) is 0 Å². The summed E-state index contributed by atoms with van der Waals surface area (Å²) in [6, 6.07) is 18.4. The fourth-order valence-corrected chi connectivity index (χ4v) is 1.68. The molecule has 0 spiro atoms. The second kappa shape index (κ2) is 4.75. The van der Waals surface area contributed by atoms with E-state index < -0.39 is 0 Å². The van der Waals surface area contributed by atoms with E-state index in [1.807, 2.05) is 48.5 Å². The molecule has 87 valence electrons. The molecular formula is C15H11N2O. The Balaban J connectivity index is 1.88. The number of aromatic nitrogens is 2. The predicted octanol–water partition coefficient (Wildman–Crippen LogP) is 3.67. The summed E-state index contributed by atoms with van der Waals surface area (Å²) in [7, 11) is 0. The van der Waals surface area contributed by atoms with Gasteiger partial charge in [-0.2, -0.15) is 0 Å². The topological polar surface area (TPSA) is 37.9 Å². The number of benzene rings is 2. The van der Waals surface area contributed by atoms with Crippen LogP contribution in [0.3, 0.4) is 0 Å². The third-order valence-electron chi connectivity index (χ3n) is 2.51. The van der Waals surface area contributed by atoms with Gasteiger partial charge in [0.1, 0.15) is 17.3 Å². The van der Waals surface area contributed by atoms with Crippen molar-refractivity contribution in [2.75, 3.05) is 0 Å². The van der Waals surface area contributed by atoms with Crippen molar-refractivity contribution in [1.82, 2.24) is 9.97 Å². The van der Waals surface area contributed by atoms with Crippen LogP contribution in [0.15, 0.2) is 60.9 Å². The molecule has 18 heavy (non-hydrogen) atoms. The predicted molar refractivity (Wildman–Crippen MR) is 69.4 cm³/mol. The first-order valence-electron chi connectivity index (χ1n) is 5.66. The Hall–Kier alpha value is -2.55. The molecule has 1 N–H and O–H groups in total. The second-order valence-corrected chi connectivity index (χ2v) is 3.79. The number of imidazole rings is 1. The molecule has 2 aromatic carbocycles. The zero-order valence-corrected chi connectivity index (χ0v) is 9.63. The van der Waals surface area contributed by atoms with E-state index in [0.717, 1.165) is 22.9 Å². The summed E-state index contributed by atoms with van der Waals surface area (Å²) < 4.78 is 5.76. The molecule has 1 radical (unpaired) electrons. The van der Waals surface area contributed by atoms with E-state index in [9.17, 15) is 0 Å². The Labute approximate surface area is 105 Å². The Kier molecular flexibility index (Phi) is 2.80. The Morgan fingerprint density at radius 1 is 1.06 bits per heavy atom. The van der Waals surface area contributed by atoms with Crippen molar-refractivity contribution in [3.05, 3.63) is 67.0 Å². The molecule has 3 heteroatoms. The number of aromatic amines is 1. The molecule has 3 aromatic rings. The first-order chi connectivity index (χ1) is 8.92. The lowest BCUT2D eigenvalue weighted by Gasteiger charge is -2.06. The summed E-state index contributed by atoms with van der Waals surface area (Å²) in [5.41, 5.74) is 0.883. The van der Waals surface area contributed by atoms with Crippen LogP contribution in [0, 0.1) is 6.07 Å². The van der Waals surface area contributed by atoms with Crippen molar-refractivity contribution in [2.24, 2.45) is 0 Å². The van der Waals surface area contributed by atoms with Gasteiger partial charge in [-0.1, -0.05) is 18.2 Å². The molecule has 0 atom stereocenters. The summed E-state index contributed by atoms with van der Waals surface area (Å²) in [4.78, 5) is 7.24. The first-order valence-corrected chi connectivity index (χ1v) is 5.66. The standard InChI is InChI=1S/C15H11N2O/c1-2-6-13(7-3-1)18-14-8-4-5-12(11-14)15-16-9-10-17-15/h1-4,6-11H,(H,16,17). The van der Waals surface area contributed by atoms with Gasteiger partial charge in [-0.3, -0.25) is 0 Å². The quantitative estimate of drug-likeness (QED) is 0.752. The highest BCUT2D eigenvalue weighted by molar-refractivity contribution is 5.56. The van der Waals surface area contributed by atoms with Crippen LogP contribution in [0.5, 0.6) is 11.5 Å². The van der Waals surface area contributed by atoms with E-state index in [1.54, 1.807) is 12.4 Å². The van der Waals surface area contributed by atoms with Crippen LogP contribution in [0.2, 0.25) is 0 Å². The minimum atomic E-state index is 0.770. The van der Waals surface area contributed by atoms with Gasteiger partial charge in [0, 0.05) is 18.0 Å². The van der Waals surface area contributed by atoms with Gasteiger partial charge in [-0.25, -0.2) is 4.98 Å². The average Bonchev–Trinajstić information content (AvgIpc) is 2.94. The van der Waals surface area contributed by atoms with Crippen molar-refractivity contribution < 1.29 is 4.74 Å². The zero-order valence-electron chi connectivity index (χ0n) is 9.63. The second-order valence-electron chi connectivity index (χ2n) is 3.79. The van der Waals surface area contributed by atoms with Crippen molar-refractivity contribution >= 4 is 0 Å². The Morgan fingerprint density at radius 2 is 1.94 bits per heavy atom. The van der Waals surface area contributed by atoms with E-state index >= 15 is 0 Å². The minimum Gasteiger partial charge on any atom is -0.457 e. The summed E-state index contributed by atoms with van der Waals surface area (Å²) in [6.07, 6.45) is 3.50. The first kappa shape index (κ1) is 10.6. The number of rotatable bonds is 3. The van der Waals surface area contributed by atoms with Crippen LogP contribution in [-0.2, 0) is 0 Å². The van der Waals surface area contributed by atoms with Gasteiger partial charge in [0.15, 0.2) is 0 Å². The normalized spacial score (nSPS) is 10.2. The molecular weight excluding hydrogens is 224 g/mol. The number of hydrogen-bond acceptors (Lipinski definition) is 2. The Bertz CT molecular complexity index is 618. The maximum absolute atomic E-state index is 5.76. The number of nitrogens with one attached hydrogen (secondary N) is 1. The lowest BCUT2D eigenvalue weighted by atomic mass is 10.2. The third kappa shape index (κ3) is 2.25. The average molecular weight is 235 g/mol. The number of nitrogens with zero attached hydrogens (tertiary/aromatic N) is 1. The van der Waals surface area contributed by atoms with E-state index in [2.05, 4.69) is 16.0 Å². The van der Waals surface area contributed by atoms with Crippen molar-refractivity contribution in [2.45, 2.75) is 0 Å². The van der Waals surface area contributed by atoms with Crippen molar-refractivity contribution in [1.29, 1.82) is 0 Å². The lowest BCUT2D eigenvalue weighted by Crippen LogP contribution is -1.86. The number of hydrogen-bond donors (Lipinski definition) is 1. The SMILES string of the molecule is [c]1ccc(Oc2ccccc2)cc1-c1ncc[nH]1. The van der Waals surface area contributed by atoms with Gasteiger partial charge in [-0.05, 0) is 36.4 Å². The molecule has 0 unspecified atom stereocenters. The molecule has 1 heterocycles. The van der Waals surface area contributed by atoms with Gasteiger partial charge >= 0.3 is 0 Å². The highest BCUT2D eigenvalue weighted by Gasteiger charge is 2.02. The van der Waals surface area contributed by atoms with Crippen LogP contribution in [-0.4, -0.2) is 9.97 Å². The highest BCUT2D eigenvalue weighted by atomic mass is 16.5. The van der Waals surface area contributed by atoms with Crippen LogP contribution < -0.4 is 4.74 Å². The smallest absolute Gasteiger partial charge is 0.138 e. The van der Waals surface area contributed by atoms with E-state index in [1.165, 1.54) is 0 Å². The van der Waals surface area contributed by atoms with E-state index in [4.69, 9.17) is 4.74 Å². The van der Waals surface area contributed by atoms with Crippen LogP contribution in [0.4, 0.5) is 0 Å². The minimum absolute atomic E-state index is 0.770. The monoisotopic (exact) mass is 235 g/mol. The third-order valence-corrected chi connectivity index (χ3v) is 2.51. The Morgan fingerprint density at radius 3 is 2.72 bits per heavy atom. The highest BCUT2D eigenvalue weighted by Crippen LogP contribution is 2.24. The molecule has 3 rings (SSSR count). The maximum Gasteiger partial charge on any atom is 0.138 e. The van der Waals surface area contributed by atoms with Crippen LogP contribution in [0.25, 0.3) is 11.4 Å². The molecule has 0 aliphatic rings. The molecule has 0 saturated heterocycles. The molecule has 1 aromatic heterocycles. The van der Waals surface area contributed by atoms with Gasteiger partial charge in [0.05, 0.1) is 0 Å². The van der Waals surface area contributed by atoms with Crippen molar-refractivity contribution in [3.63, 3.8) is 0 Å². The summed E-state index contributed by atoms with van der Waals surface area (Å²) in [5, 5.41) is 0. The summed E-state index contributed by atoms with van der Waals surface area (Å²) in [5.74, 6) is 2.37. The molecule has 0 aliphatic heterocycles. The van der Waals surface area contributed by atoms with Gasteiger partial charge in [0.2, 0.25) is 0 Å². The summed E-state index contributed by atoms with van der Waals surface area (Å²) >= 11 is 0. The molecule has 3 nitrogen and oxygen atoms in total. The van der Waals surface area contributed by atoms with Crippen molar-refractivity contribution in [3.8, 4) is 22.9 Å². The van der Waals surface area contributed by atoms with E-state index in [0.29, 0.717) is 0 Å². The van der Waals surface area contributed by atoms with Gasteiger partial charge < -0.3 is 9.72 Å². The zero-order chi connectivity index (χ0) is 12.2. The van der Waals surface area contributed by atoms with E-state index in [-0.39, 0.29) is 0 Å². The molecule has 0 amide bonds. The molecule has 0 bridgehead atoms. The summed E-state index contributed by atoms with van der Waals surface area (Å²) in [6.45, 7) is 0. The maximum atomic E-state index is 5.76. The largest absolute Gasteiger partial charge is 0.457 e. The molecule has 0 saturated carbocycles. The number of H-pyrrole nitrogens is 1. The van der Waals surface area contributed by atoms with Crippen LogP contribution >= 0.6 is 0 Å². The number of ether oxygens (including phenoxy) is 1. The fourth-order valence-electron chi connectivity index (χ4n) is 1.68. The van der Waals surface area contributed by atoms with Gasteiger partial charge in [0.25, 0.3) is 0 Å². The van der Waals surface area contributed by atoms with Crippen LogP contribution in [0.1, 0.15) is 0 Å². The molecule has 0 fully saturated rings.